The number of alkyl halides is 3. The van der Waals surface area contributed by atoms with Crippen molar-refractivity contribution in [2.75, 3.05) is 0 Å². The molecule has 67 valence electrons. The van der Waals surface area contributed by atoms with Crippen LogP contribution in [0.1, 0.15) is 5.56 Å². The van der Waals surface area contributed by atoms with Gasteiger partial charge in [-0.05, 0) is 0 Å². The van der Waals surface area contributed by atoms with Crippen LogP contribution in [-0.4, -0.2) is 0 Å². The van der Waals surface area contributed by atoms with Gasteiger partial charge in [0.2, 0.25) is 0 Å². The van der Waals surface area contributed by atoms with E-state index in [1.54, 1.807) is 0 Å². The Labute approximate surface area is 96.3 Å². The van der Waals surface area contributed by atoms with Crippen LogP contribution in [0.5, 0.6) is 0 Å². The Bertz CT molecular complexity index is 314. The fourth-order valence-corrected chi connectivity index (χ4v) is 2.82. The SMILES string of the molecule is FC(F)(F)c1c[c]([Zn])c(Cl)c(Br)c1. The zero-order valence-electron chi connectivity index (χ0n) is 6.25. The first-order valence-electron chi connectivity index (χ1n) is 3.20. The van der Waals surface area contributed by atoms with Crippen molar-refractivity contribution < 1.29 is 31.5 Å². The van der Waals surface area contributed by atoms with Gasteiger partial charge in [-0.3, -0.25) is 0 Å². The molecule has 0 fully saturated rings. The second-order valence-electron chi connectivity index (χ2n) is 2.43. The Balaban J connectivity index is 3.29. The van der Waals surface area contributed by atoms with Gasteiger partial charge in [0.1, 0.15) is 0 Å². The first kappa shape index (κ1) is 11.5. The standard InChI is InChI=1S/C7H2BrClF3.Zn/c8-5-3-4(7(10,11)12)1-2-6(5)9;/h1,3H;. The van der Waals surface area contributed by atoms with Crippen LogP contribution < -0.4 is 4.16 Å². The van der Waals surface area contributed by atoms with E-state index >= 15 is 0 Å². The number of benzene rings is 1. The predicted octanol–water partition coefficient (Wildman–Crippen LogP) is 3.29. The Morgan fingerprint density at radius 1 is 1.31 bits per heavy atom. The second kappa shape index (κ2) is 3.87. The third-order valence-electron chi connectivity index (χ3n) is 1.43. The van der Waals surface area contributed by atoms with Gasteiger partial charge in [0.15, 0.2) is 0 Å². The Hall–Kier alpha value is 0.403. The molecule has 0 nitrogen and oxygen atoms in total. The van der Waals surface area contributed by atoms with Crippen LogP contribution in [0.15, 0.2) is 16.6 Å². The van der Waals surface area contributed by atoms with Gasteiger partial charge in [0.25, 0.3) is 0 Å². The zero-order chi connectivity index (χ0) is 10.2. The third-order valence-corrected chi connectivity index (χ3v) is 4.37. The van der Waals surface area contributed by atoms with Gasteiger partial charge in [0, 0.05) is 0 Å². The van der Waals surface area contributed by atoms with Crippen molar-refractivity contribution in [3.8, 4) is 0 Å². The quantitative estimate of drug-likeness (QED) is 0.643. The monoisotopic (exact) mass is 321 g/mol. The molecule has 0 spiro atoms. The molecule has 0 unspecified atom stereocenters. The Morgan fingerprint density at radius 3 is 2.23 bits per heavy atom. The summed E-state index contributed by atoms with van der Waals surface area (Å²) in [6.45, 7) is 0. The van der Waals surface area contributed by atoms with E-state index in [9.17, 15) is 13.2 Å². The van der Waals surface area contributed by atoms with Crippen LogP contribution in [0, 0.1) is 0 Å². The van der Waals surface area contributed by atoms with Crippen LogP contribution in [0.25, 0.3) is 0 Å². The molecule has 0 saturated carbocycles. The summed E-state index contributed by atoms with van der Waals surface area (Å²) in [7, 11) is 0. The number of hydrogen-bond donors (Lipinski definition) is 0. The molecular formula is C7H2BrClF3Zn. The van der Waals surface area contributed by atoms with Crippen LogP contribution in [0.4, 0.5) is 13.2 Å². The van der Waals surface area contributed by atoms with Crippen molar-refractivity contribution in [1.29, 1.82) is 0 Å². The summed E-state index contributed by atoms with van der Waals surface area (Å²) in [5, 5.41) is 0.369. The van der Waals surface area contributed by atoms with Crippen LogP contribution >= 0.6 is 27.5 Å². The van der Waals surface area contributed by atoms with Crippen LogP contribution in [0.3, 0.4) is 0 Å². The molecule has 0 aliphatic carbocycles. The molecule has 0 aliphatic rings. The molecule has 6 heteroatoms. The normalized spacial score (nSPS) is 11.9. The molecule has 0 saturated heterocycles. The molecule has 1 rings (SSSR count). The van der Waals surface area contributed by atoms with E-state index in [1.165, 1.54) is 0 Å². The fraction of sp³-hybridized carbons (Fsp3) is 0.143. The maximum absolute atomic E-state index is 12.2. The second-order valence-corrected chi connectivity index (χ2v) is 5.26. The van der Waals surface area contributed by atoms with Crippen molar-refractivity contribution in [3.05, 3.63) is 27.2 Å². The fourth-order valence-electron chi connectivity index (χ4n) is 0.810. The topological polar surface area (TPSA) is 0 Å². The minimum atomic E-state index is -4.30. The Morgan fingerprint density at radius 2 is 1.85 bits per heavy atom. The van der Waals surface area contributed by atoms with E-state index in [2.05, 4.69) is 15.9 Å². The molecule has 0 atom stereocenters. The first-order chi connectivity index (χ1) is 5.82. The molecule has 1 aromatic carbocycles. The van der Waals surface area contributed by atoms with Crippen molar-refractivity contribution in [2.45, 2.75) is 6.18 Å². The average molecular weight is 324 g/mol. The number of hydrogen-bond acceptors (Lipinski definition) is 0. The van der Waals surface area contributed by atoms with E-state index < -0.39 is 11.7 Å². The number of halogens is 5. The van der Waals surface area contributed by atoms with Gasteiger partial charge in [0.05, 0.1) is 0 Å². The zero-order valence-corrected chi connectivity index (χ0v) is 11.6. The molecule has 0 N–H and O–H groups in total. The average Bonchev–Trinajstić information content (AvgIpc) is 1.97. The minimum absolute atomic E-state index is 0.297. The summed E-state index contributed by atoms with van der Waals surface area (Å²) in [4.78, 5) is 0. The van der Waals surface area contributed by atoms with Gasteiger partial charge in [-0.15, -0.1) is 0 Å². The van der Waals surface area contributed by atoms with Gasteiger partial charge in [-0.2, -0.15) is 0 Å². The summed E-state index contributed by atoms with van der Waals surface area (Å²) >= 11 is 9.29. The third kappa shape index (κ3) is 2.67. The van der Waals surface area contributed by atoms with Gasteiger partial charge in [-0.1, -0.05) is 0 Å². The van der Waals surface area contributed by atoms with Gasteiger partial charge >= 0.3 is 96.5 Å². The molecule has 0 radical (unpaired) electrons. The van der Waals surface area contributed by atoms with Crippen LogP contribution in [-0.2, 0) is 24.5 Å². The molecule has 0 heterocycles. The van der Waals surface area contributed by atoms with Crippen molar-refractivity contribution in [2.24, 2.45) is 0 Å². The predicted molar refractivity (Wildman–Crippen MR) is 43.8 cm³/mol. The first-order valence-corrected chi connectivity index (χ1v) is 5.86. The summed E-state index contributed by atoms with van der Waals surface area (Å²) in [5.74, 6) is 0. The molecule has 0 bridgehead atoms. The van der Waals surface area contributed by atoms with Gasteiger partial charge < -0.3 is 0 Å². The van der Waals surface area contributed by atoms with E-state index in [-0.39, 0.29) is 0 Å². The van der Waals surface area contributed by atoms with E-state index in [4.69, 9.17) is 11.6 Å². The Kier molecular flexibility index (Phi) is 3.42. The molecule has 1 aromatic rings. The molecular weight excluding hydrogens is 322 g/mol. The van der Waals surface area contributed by atoms with E-state index in [1.807, 2.05) is 0 Å². The number of rotatable bonds is 0. The summed E-state index contributed by atoms with van der Waals surface area (Å²) in [5.41, 5.74) is -0.662. The maximum atomic E-state index is 12.2. The summed E-state index contributed by atoms with van der Waals surface area (Å²) in [6.07, 6.45) is -4.30. The summed E-state index contributed by atoms with van der Waals surface area (Å²) in [6, 6.07) is 2.06. The molecule has 0 aromatic heterocycles. The van der Waals surface area contributed by atoms with Gasteiger partial charge in [-0.25, -0.2) is 0 Å². The van der Waals surface area contributed by atoms with Crippen molar-refractivity contribution in [1.82, 2.24) is 0 Å². The van der Waals surface area contributed by atoms with E-state index in [0.29, 0.717) is 32.0 Å². The molecule has 13 heavy (non-hydrogen) atoms. The molecule has 0 aliphatic heterocycles. The van der Waals surface area contributed by atoms with Crippen molar-refractivity contribution in [3.63, 3.8) is 0 Å². The van der Waals surface area contributed by atoms with E-state index in [0.717, 1.165) is 12.1 Å². The molecule has 0 amide bonds. The van der Waals surface area contributed by atoms with Crippen LogP contribution in [0.2, 0.25) is 5.02 Å². The summed E-state index contributed by atoms with van der Waals surface area (Å²) < 4.78 is 37.5. The van der Waals surface area contributed by atoms with Crippen molar-refractivity contribution >= 4 is 31.7 Å².